The van der Waals surface area contributed by atoms with Crippen molar-refractivity contribution in [3.8, 4) is 0 Å². The summed E-state index contributed by atoms with van der Waals surface area (Å²) in [6.45, 7) is 4.52. The van der Waals surface area contributed by atoms with Gasteiger partial charge in [0.1, 0.15) is 6.61 Å². The number of ether oxygens (including phenoxy) is 1. The Bertz CT molecular complexity index is 525. The lowest BCUT2D eigenvalue weighted by Gasteiger charge is -2.33. The molecule has 3 rings (SSSR count). The number of hydrogen-bond donors (Lipinski definition) is 0. The molecule has 134 valence electrons. The van der Waals surface area contributed by atoms with Crippen LogP contribution in [0.25, 0.3) is 0 Å². The molecule has 24 heavy (non-hydrogen) atoms. The van der Waals surface area contributed by atoms with Crippen molar-refractivity contribution in [2.75, 3.05) is 19.7 Å². The van der Waals surface area contributed by atoms with Crippen molar-refractivity contribution < 1.29 is 14.1 Å². The smallest absolute Gasteiger partial charge is 0.252 e. The van der Waals surface area contributed by atoms with E-state index < -0.39 is 0 Å². The maximum Gasteiger partial charge on any atom is 0.252 e. The summed E-state index contributed by atoms with van der Waals surface area (Å²) in [4.78, 5) is 19.1. The minimum atomic E-state index is 0.188. The van der Waals surface area contributed by atoms with E-state index in [2.05, 4.69) is 10.1 Å². The van der Waals surface area contributed by atoms with Gasteiger partial charge in [-0.3, -0.25) is 4.79 Å². The topological polar surface area (TPSA) is 68.5 Å². The van der Waals surface area contributed by atoms with E-state index in [1.54, 1.807) is 0 Å². The fourth-order valence-electron chi connectivity index (χ4n) is 3.86. The zero-order valence-electron chi connectivity index (χ0n) is 14.7. The molecule has 1 aliphatic heterocycles. The van der Waals surface area contributed by atoms with Crippen molar-refractivity contribution >= 4 is 5.91 Å². The Labute approximate surface area is 143 Å². The fraction of sp³-hybridized carbons (Fsp3) is 0.833. The first kappa shape index (κ1) is 17.4. The highest BCUT2D eigenvalue weighted by molar-refractivity contribution is 5.76. The van der Waals surface area contributed by atoms with Gasteiger partial charge in [-0.05, 0) is 38.5 Å². The van der Waals surface area contributed by atoms with Crippen LogP contribution in [0.5, 0.6) is 0 Å². The van der Waals surface area contributed by atoms with Crippen molar-refractivity contribution in [3.05, 3.63) is 11.7 Å². The maximum atomic E-state index is 12.6. The molecule has 0 spiro atoms. The van der Waals surface area contributed by atoms with Crippen LogP contribution in [-0.4, -0.2) is 40.6 Å². The van der Waals surface area contributed by atoms with E-state index in [4.69, 9.17) is 9.26 Å². The van der Waals surface area contributed by atoms with Crippen LogP contribution in [0.4, 0.5) is 0 Å². The second-order valence-corrected chi connectivity index (χ2v) is 7.07. The third-order valence-electron chi connectivity index (χ3n) is 5.24. The van der Waals surface area contributed by atoms with Gasteiger partial charge in [0.15, 0.2) is 5.82 Å². The predicted octanol–water partition coefficient (Wildman–Crippen LogP) is 3.28. The summed E-state index contributed by atoms with van der Waals surface area (Å²) in [7, 11) is 0. The van der Waals surface area contributed by atoms with Gasteiger partial charge in [-0.1, -0.05) is 24.4 Å². The highest BCUT2D eigenvalue weighted by atomic mass is 16.5. The first-order valence-corrected chi connectivity index (χ1v) is 9.44. The van der Waals surface area contributed by atoms with Crippen molar-refractivity contribution in [2.24, 2.45) is 5.92 Å². The van der Waals surface area contributed by atoms with Gasteiger partial charge >= 0.3 is 0 Å². The molecule has 0 bridgehead atoms. The van der Waals surface area contributed by atoms with Gasteiger partial charge in [0.25, 0.3) is 5.89 Å². The molecule has 2 heterocycles. The second-order valence-electron chi connectivity index (χ2n) is 7.07. The van der Waals surface area contributed by atoms with Gasteiger partial charge in [0.05, 0.1) is 0 Å². The van der Waals surface area contributed by atoms with Crippen molar-refractivity contribution in [1.29, 1.82) is 0 Å². The number of aromatic nitrogens is 2. The molecule has 0 aromatic carbocycles. The molecule has 6 nitrogen and oxygen atoms in total. The zero-order valence-corrected chi connectivity index (χ0v) is 14.7. The van der Waals surface area contributed by atoms with Gasteiger partial charge in [-0.15, -0.1) is 0 Å². The van der Waals surface area contributed by atoms with Crippen LogP contribution in [0.1, 0.15) is 75.9 Å². The predicted molar refractivity (Wildman–Crippen MR) is 89.4 cm³/mol. The molecule has 1 amide bonds. The lowest BCUT2D eigenvalue weighted by Crippen LogP contribution is -2.40. The fourth-order valence-corrected chi connectivity index (χ4v) is 3.86. The normalized spacial score (nSPS) is 22.7. The Kier molecular flexibility index (Phi) is 6.24. The molecular formula is C18H29N3O3. The van der Waals surface area contributed by atoms with Gasteiger partial charge in [-0.2, -0.15) is 4.98 Å². The SMILES string of the molecule is CCOCc1nc(C2CCCN(C(=O)CC3CCCCC3)C2)no1. The number of likely N-dealkylation sites (tertiary alicyclic amines) is 1. The Morgan fingerprint density at radius 3 is 2.88 bits per heavy atom. The molecular weight excluding hydrogens is 306 g/mol. The summed E-state index contributed by atoms with van der Waals surface area (Å²) in [5, 5.41) is 4.10. The van der Waals surface area contributed by atoms with E-state index in [1.165, 1.54) is 32.1 Å². The monoisotopic (exact) mass is 335 g/mol. The molecule has 0 N–H and O–H groups in total. The number of amides is 1. The molecule has 0 radical (unpaired) electrons. The Morgan fingerprint density at radius 2 is 2.08 bits per heavy atom. The molecule has 1 unspecified atom stereocenters. The molecule has 1 aromatic heterocycles. The van der Waals surface area contributed by atoms with E-state index in [9.17, 15) is 4.79 Å². The summed E-state index contributed by atoms with van der Waals surface area (Å²) in [6, 6.07) is 0. The Morgan fingerprint density at radius 1 is 1.25 bits per heavy atom. The highest BCUT2D eigenvalue weighted by Crippen LogP contribution is 2.29. The van der Waals surface area contributed by atoms with Crippen molar-refractivity contribution in [3.63, 3.8) is 0 Å². The van der Waals surface area contributed by atoms with Crippen LogP contribution in [0.3, 0.4) is 0 Å². The summed E-state index contributed by atoms with van der Waals surface area (Å²) in [5.41, 5.74) is 0. The molecule has 1 saturated heterocycles. The number of hydrogen-bond acceptors (Lipinski definition) is 5. The number of rotatable bonds is 6. The molecule has 1 saturated carbocycles. The summed E-state index contributed by atoms with van der Waals surface area (Å²) in [6.07, 6.45) is 9.07. The minimum Gasteiger partial charge on any atom is -0.372 e. The standard InChI is InChI=1S/C18H29N3O3/c1-2-23-13-16-19-18(20-24-16)15-9-6-10-21(12-15)17(22)11-14-7-4-3-5-8-14/h14-15H,2-13H2,1H3. The molecule has 2 aliphatic rings. The van der Waals surface area contributed by atoms with Crippen LogP contribution in [0, 0.1) is 5.92 Å². The second kappa shape index (κ2) is 8.60. The summed E-state index contributed by atoms with van der Waals surface area (Å²) in [5.74, 6) is 2.34. The molecule has 1 aliphatic carbocycles. The van der Waals surface area contributed by atoms with Crippen molar-refractivity contribution in [2.45, 2.75) is 70.8 Å². The van der Waals surface area contributed by atoms with Crippen LogP contribution < -0.4 is 0 Å². The van der Waals surface area contributed by atoms with E-state index in [-0.39, 0.29) is 5.92 Å². The molecule has 1 atom stereocenters. The minimum absolute atomic E-state index is 0.188. The lowest BCUT2D eigenvalue weighted by atomic mass is 9.86. The Balaban J connectivity index is 1.53. The van der Waals surface area contributed by atoms with Gasteiger partial charge in [-0.25, -0.2) is 0 Å². The third kappa shape index (κ3) is 4.56. The first-order valence-electron chi connectivity index (χ1n) is 9.44. The van der Waals surface area contributed by atoms with Crippen LogP contribution in [-0.2, 0) is 16.1 Å². The zero-order chi connectivity index (χ0) is 16.8. The molecule has 1 aromatic rings. The average Bonchev–Trinajstić information content (AvgIpc) is 3.10. The van der Waals surface area contributed by atoms with E-state index >= 15 is 0 Å². The molecule has 2 fully saturated rings. The van der Waals surface area contributed by atoms with Crippen molar-refractivity contribution in [1.82, 2.24) is 15.0 Å². The summed E-state index contributed by atoms with van der Waals surface area (Å²) >= 11 is 0. The molecule has 6 heteroatoms. The third-order valence-corrected chi connectivity index (χ3v) is 5.24. The number of carbonyl (C=O) groups excluding carboxylic acids is 1. The number of nitrogens with zero attached hydrogens (tertiary/aromatic N) is 3. The largest absolute Gasteiger partial charge is 0.372 e. The quantitative estimate of drug-likeness (QED) is 0.798. The van der Waals surface area contributed by atoms with Crippen LogP contribution in [0.2, 0.25) is 0 Å². The van der Waals surface area contributed by atoms with Crippen LogP contribution >= 0.6 is 0 Å². The summed E-state index contributed by atoms with van der Waals surface area (Å²) < 4.78 is 10.6. The van der Waals surface area contributed by atoms with Gasteiger partial charge in [0, 0.05) is 32.0 Å². The Hall–Kier alpha value is -1.43. The average molecular weight is 335 g/mol. The number of carbonyl (C=O) groups is 1. The first-order chi connectivity index (χ1) is 11.8. The van der Waals surface area contributed by atoms with E-state index in [0.29, 0.717) is 37.4 Å². The van der Waals surface area contributed by atoms with Gasteiger partial charge < -0.3 is 14.2 Å². The lowest BCUT2D eigenvalue weighted by molar-refractivity contribution is -0.133. The van der Waals surface area contributed by atoms with Gasteiger partial charge in [0.2, 0.25) is 5.91 Å². The van der Waals surface area contributed by atoms with Crippen LogP contribution in [0.15, 0.2) is 4.52 Å². The number of piperidine rings is 1. The highest BCUT2D eigenvalue weighted by Gasteiger charge is 2.29. The van der Waals surface area contributed by atoms with E-state index in [1.807, 2.05) is 11.8 Å². The van der Waals surface area contributed by atoms with E-state index in [0.717, 1.165) is 31.8 Å². The maximum absolute atomic E-state index is 12.6.